The van der Waals surface area contributed by atoms with Crippen molar-refractivity contribution in [2.45, 2.75) is 45.6 Å². The summed E-state index contributed by atoms with van der Waals surface area (Å²) in [5.41, 5.74) is 2.87. The zero-order chi connectivity index (χ0) is 29.3. The molecule has 0 spiro atoms. The first-order chi connectivity index (χ1) is 19.5. The van der Waals surface area contributed by atoms with Crippen LogP contribution in [0.1, 0.15) is 60.7 Å². The molecule has 0 bridgehead atoms. The van der Waals surface area contributed by atoms with Crippen LogP contribution < -0.4 is 9.80 Å². The van der Waals surface area contributed by atoms with Gasteiger partial charge in [0.15, 0.2) is 0 Å². The predicted octanol–water partition coefficient (Wildman–Crippen LogP) is 6.84. The summed E-state index contributed by atoms with van der Waals surface area (Å²) in [5, 5.41) is 1.23. The van der Waals surface area contributed by atoms with Crippen LogP contribution in [0.3, 0.4) is 0 Å². The van der Waals surface area contributed by atoms with E-state index < -0.39 is 5.60 Å². The van der Waals surface area contributed by atoms with Gasteiger partial charge in [-0.25, -0.2) is 4.79 Å². The number of hydrogen-bond acceptors (Lipinski definition) is 6. The van der Waals surface area contributed by atoms with Gasteiger partial charge in [-0.3, -0.25) is 9.59 Å². The second-order valence-corrected chi connectivity index (χ2v) is 13.8. The van der Waals surface area contributed by atoms with Gasteiger partial charge < -0.3 is 19.4 Å². The molecule has 3 saturated heterocycles. The lowest BCUT2D eigenvalue weighted by atomic mass is 10.0. The number of halogens is 2. The Bertz CT molecular complexity index is 1270. The Morgan fingerprint density at radius 3 is 1.59 bits per heavy atom. The minimum Gasteiger partial charge on any atom is -0.444 e. The highest BCUT2D eigenvalue weighted by molar-refractivity contribution is 6.31. The number of fused-ring (bicyclic) bond motifs is 2. The Labute approximate surface area is 252 Å². The van der Waals surface area contributed by atoms with Crippen LogP contribution in [0.15, 0.2) is 36.4 Å². The van der Waals surface area contributed by atoms with E-state index in [0.29, 0.717) is 33.0 Å². The summed E-state index contributed by atoms with van der Waals surface area (Å²) in [4.78, 5) is 40.5. The minimum atomic E-state index is -0.465. The number of likely N-dealkylation sites (tertiary alicyclic amines) is 1. The monoisotopic (exact) mass is 599 g/mol. The number of rotatable bonds is 4. The summed E-state index contributed by atoms with van der Waals surface area (Å²) in [6.07, 6.45) is 5.57. The Hall–Kier alpha value is -2.77. The molecule has 9 heteroatoms. The van der Waals surface area contributed by atoms with E-state index in [1.54, 1.807) is 12.1 Å². The van der Waals surface area contributed by atoms with Crippen LogP contribution in [0.4, 0.5) is 16.2 Å². The maximum absolute atomic E-state index is 12.2. The van der Waals surface area contributed by atoms with Gasteiger partial charge in [0.1, 0.15) is 18.2 Å². The van der Waals surface area contributed by atoms with Gasteiger partial charge in [-0.2, -0.15) is 0 Å². The zero-order valence-electron chi connectivity index (χ0n) is 24.0. The average molecular weight is 601 g/mol. The first kappa shape index (κ1) is 29.7. The van der Waals surface area contributed by atoms with Gasteiger partial charge in [0, 0.05) is 83.7 Å². The molecule has 0 radical (unpaired) electrons. The SMILES string of the molecule is CC(C)(C)OC(=O)N1CC2CN(c3cc(Cl)cc(C=O)c3)CC2C1.O=Cc1cc(Cl)cc(N2CC3CCCC3C2)c1. The molecule has 220 valence electrons. The molecule has 3 aliphatic heterocycles. The van der Waals surface area contributed by atoms with Crippen molar-refractivity contribution in [1.29, 1.82) is 0 Å². The number of aldehydes is 2. The largest absolute Gasteiger partial charge is 0.444 e. The summed E-state index contributed by atoms with van der Waals surface area (Å²) in [7, 11) is 0. The van der Waals surface area contributed by atoms with Gasteiger partial charge in [-0.15, -0.1) is 0 Å². The number of amides is 1. The van der Waals surface area contributed by atoms with Crippen LogP contribution in [0.25, 0.3) is 0 Å². The van der Waals surface area contributed by atoms with E-state index in [1.165, 1.54) is 19.3 Å². The molecule has 2 aromatic carbocycles. The molecule has 3 heterocycles. The number of benzene rings is 2. The lowest BCUT2D eigenvalue weighted by molar-refractivity contribution is 0.0282. The topological polar surface area (TPSA) is 70.2 Å². The first-order valence-electron chi connectivity index (χ1n) is 14.5. The lowest BCUT2D eigenvalue weighted by Crippen LogP contribution is -2.37. The Kier molecular flexibility index (Phi) is 8.86. The molecule has 2 aromatic rings. The van der Waals surface area contributed by atoms with Crippen molar-refractivity contribution in [2.75, 3.05) is 49.1 Å². The normalized spacial score (nSPS) is 25.0. The van der Waals surface area contributed by atoms with Crippen LogP contribution in [0.2, 0.25) is 10.0 Å². The summed E-state index contributed by atoms with van der Waals surface area (Å²) in [5.74, 6) is 2.56. The van der Waals surface area contributed by atoms with Gasteiger partial charge in [-0.1, -0.05) is 29.6 Å². The summed E-state index contributed by atoms with van der Waals surface area (Å²) < 4.78 is 5.46. The third kappa shape index (κ3) is 7.18. The minimum absolute atomic E-state index is 0.227. The van der Waals surface area contributed by atoms with Gasteiger partial charge in [0.05, 0.1) is 0 Å². The van der Waals surface area contributed by atoms with Crippen molar-refractivity contribution >= 4 is 53.2 Å². The molecule has 7 nitrogen and oxygen atoms in total. The molecule has 41 heavy (non-hydrogen) atoms. The molecular weight excluding hydrogens is 561 g/mol. The van der Waals surface area contributed by atoms with E-state index in [2.05, 4.69) is 9.80 Å². The van der Waals surface area contributed by atoms with Crippen LogP contribution in [0, 0.1) is 23.7 Å². The van der Waals surface area contributed by atoms with E-state index >= 15 is 0 Å². The van der Waals surface area contributed by atoms with Crippen molar-refractivity contribution in [1.82, 2.24) is 4.90 Å². The van der Waals surface area contributed by atoms with Gasteiger partial charge in [0.25, 0.3) is 0 Å². The second-order valence-electron chi connectivity index (χ2n) is 12.9. The molecule has 0 aromatic heterocycles. The first-order valence-corrected chi connectivity index (χ1v) is 15.3. The number of anilines is 2. The number of carbonyl (C=O) groups is 3. The van der Waals surface area contributed by atoms with Gasteiger partial charge >= 0.3 is 6.09 Å². The Morgan fingerprint density at radius 1 is 0.732 bits per heavy atom. The van der Waals surface area contributed by atoms with Crippen LogP contribution in [0.5, 0.6) is 0 Å². The highest BCUT2D eigenvalue weighted by atomic mass is 35.5. The molecular formula is C32H39Cl2N3O4. The summed E-state index contributed by atoms with van der Waals surface area (Å²) in [6.45, 7) is 11.1. The predicted molar refractivity (Wildman–Crippen MR) is 164 cm³/mol. The molecule has 6 rings (SSSR count). The zero-order valence-corrected chi connectivity index (χ0v) is 25.5. The van der Waals surface area contributed by atoms with E-state index in [0.717, 1.165) is 75.1 Å². The maximum atomic E-state index is 12.2. The van der Waals surface area contributed by atoms with E-state index in [9.17, 15) is 14.4 Å². The van der Waals surface area contributed by atoms with E-state index in [1.807, 2.05) is 49.9 Å². The fourth-order valence-corrected chi connectivity index (χ4v) is 7.29. The highest BCUT2D eigenvalue weighted by Crippen LogP contribution is 2.40. The third-order valence-electron chi connectivity index (χ3n) is 8.68. The molecule has 1 amide bonds. The molecule has 4 fully saturated rings. The molecule has 1 aliphatic carbocycles. The number of ether oxygens (including phenoxy) is 1. The van der Waals surface area contributed by atoms with Crippen molar-refractivity contribution in [2.24, 2.45) is 23.7 Å². The second kappa shape index (κ2) is 12.2. The van der Waals surface area contributed by atoms with Gasteiger partial charge in [-0.05, 0) is 81.8 Å². The number of hydrogen-bond donors (Lipinski definition) is 0. The maximum Gasteiger partial charge on any atom is 0.410 e. The molecule has 4 aliphatic rings. The Balaban J connectivity index is 0.000000174. The molecule has 4 atom stereocenters. The smallest absolute Gasteiger partial charge is 0.410 e. The lowest BCUT2D eigenvalue weighted by Gasteiger charge is -2.26. The number of carbonyl (C=O) groups excluding carboxylic acids is 3. The molecule has 0 N–H and O–H groups in total. The van der Waals surface area contributed by atoms with Crippen molar-refractivity contribution in [3.63, 3.8) is 0 Å². The highest BCUT2D eigenvalue weighted by Gasteiger charge is 2.43. The van der Waals surface area contributed by atoms with E-state index in [4.69, 9.17) is 27.9 Å². The summed E-state index contributed by atoms with van der Waals surface area (Å²) in [6, 6.07) is 11.1. The molecule has 1 saturated carbocycles. The molecule has 4 unspecified atom stereocenters. The van der Waals surface area contributed by atoms with Crippen molar-refractivity contribution < 1.29 is 19.1 Å². The van der Waals surface area contributed by atoms with Crippen molar-refractivity contribution in [3.8, 4) is 0 Å². The Morgan fingerprint density at radius 2 is 1.17 bits per heavy atom. The van der Waals surface area contributed by atoms with Crippen LogP contribution in [-0.4, -0.2) is 68.4 Å². The quantitative estimate of drug-likeness (QED) is 0.358. The fraction of sp³-hybridized carbons (Fsp3) is 0.531. The van der Waals surface area contributed by atoms with Crippen LogP contribution in [-0.2, 0) is 4.74 Å². The third-order valence-corrected chi connectivity index (χ3v) is 9.11. The standard InChI is InChI=1S/C18H23ClN2O3.C14H16ClNO/c1-18(2,3)24-17(23)21-9-13-7-20(8-14(13)10-21)16-5-12(11-22)4-15(19)6-16;15-13-4-10(9-17)5-14(6-13)16-7-11-2-1-3-12(11)8-16/h4-6,11,13-14H,7-10H2,1-3H3;4-6,9,11-12H,1-3,7-8H2. The van der Waals surface area contributed by atoms with Crippen molar-refractivity contribution in [3.05, 3.63) is 57.6 Å². The number of nitrogens with zero attached hydrogens (tertiary/aromatic N) is 3. The van der Waals surface area contributed by atoms with E-state index in [-0.39, 0.29) is 6.09 Å². The van der Waals surface area contributed by atoms with Crippen LogP contribution >= 0.6 is 23.2 Å². The van der Waals surface area contributed by atoms with Gasteiger partial charge in [0.2, 0.25) is 0 Å². The summed E-state index contributed by atoms with van der Waals surface area (Å²) >= 11 is 12.1. The fourth-order valence-electron chi connectivity index (χ4n) is 6.82. The average Bonchev–Trinajstić information content (AvgIpc) is 3.67.